The number of anilines is 1. The van der Waals surface area contributed by atoms with E-state index < -0.39 is 96.4 Å². The molecular formula is C64H80N8O19. The third-order valence-electron chi connectivity index (χ3n) is 16.3. The summed E-state index contributed by atoms with van der Waals surface area (Å²) in [6.45, 7) is 2.93. The van der Waals surface area contributed by atoms with E-state index in [0.717, 1.165) is 4.90 Å². The SMILES string of the molecule is COc1ccc([C@@]23Oc4cc(O[C@@H]5O[C@@H]([C@H](O)CO)CO[C@H]5OC)cc(OC)c4[C@]2(O)C[C@H](C(=O)NCCNC(=O)OCc2ccc(NC(=O)[C@H](CCCNC(N)=O)NC(=O)[C@@H](NC(=O)CCCCCN4C(=O)C=CC4=O)C(C)C)cc2)[C@H]3c2ccccc2)cc1. The van der Waals surface area contributed by atoms with Crippen molar-refractivity contribution in [1.82, 2.24) is 31.5 Å². The molecule has 4 aliphatic rings. The van der Waals surface area contributed by atoms with Crippen LogP contribution in [0.5, 0.6) is 23.0 Å². The highest BCUT2D eigenvalue weighted by Gasteiger charge is 2.73. The molecule has 0 radical (unpaired) electrons. The van der Waals surface area contributed by atoms with Crippen LogP contribution in [-0.4, -0.2) is 165 Å². The number of benzene rings is 4. The van der Waals surface area contributed by atoms with E-state index in [2.05, 4.69) is 31.9 Å². The Kier molecular flexibility index (Phi) is 23.4. The Morgan fingerprint density at radius 2 is 1.51 bits per heavy atom. The Morgan fingerprint density at radius 3 is 2.16 bits per heavy atom. The number of unbranched alkanes of at least 4 members (excludes halogenated alkanes) is 2. The molecule has 0 spiro atoms. The number of urea groups is 1. The maximum atomic E-state index is 14.7. The molecule has 1 saturated carbocycles. The summed E-state index contributed by atoms with van der Waals surface area (Å²) in [5.41, 5.74) is 3.95. The van der Waals surface area contributed by atoms with Crippen molar-refractivity contribution in [2.24, 2.45) is 17.6 Å². The van der Waals surface area contributed by atoms with E-state index in [4.69, 9.17) is 43.6 Å². The van der Waals surface area contributed by atoms with Crippen LogP contribution in [0.1, 0.15) is 87.0 Å². The number of amides is 9. The maximum absolute atomic E-state index is 14.7. The van der Waals surface area contributed by atoms with Gasteiger partial charge in [-0.2, -0.15) is 0 Å². The zero-order valence-electron chi connectivity index (χ0n) is 51.3. The molecular weight excluding hydrogens is 1180 g/mol. The number of alkyl carbamates (subject to hydrolysis) is 1. The fourth-order valence-electron chi connectivity index (χ4n) is 11.8. The molecule has 11 N–H and O–H groups in total. The molecule has 10 atom stereocenters. The first-order chi connectivity index (χ1) is 43.7. The molecule has 1 saturated heterocycles. The van der Waals surface area contributed by atoms with Crippen molar-refractivity contribution in [1.29, 1.82) is 0 Å². The molecule has 0 bridgehead atoms. The normalized spacial score (nSPS) is 22.3. The minimum atomic E-state index is -1.94. The van der Waals surface area contributed by atoms with Crippen LogP contribution in [0, 0.1) is 11.8 Å². The quantitative estimate of drug-likeness (QED) is 0.0256. The Hall–Kier alpha value is -8.86. The number of aliphatic hydroxyl groups excluding tert-OH is 2. The van der Waals surface area contributed by atoms with E-state index in [-0.39, 0.29) is 112 Å². The van der Waals surface area contributed by atoms with Gasteiger partial charge in [-0.15, -0.1) is 0 Å². The van der Waals surface area contributed by atoms with Gasteiger partial charge in [0.2, 0.25) is 29.9 Å². The lowest BCUT2D eigenvalue weighted by atomic mass is 9.70. The molecule has 8 rings (SSSR count). The number of nitrogens with two attached hydrogens (primary N) is 1. The molecule has 27 nitrogen and oxygen atoms in total. The second-order valence-electron chi connectivity index (χ2n) is 22.7. The van der Waals surface area contributed by atoms with E-state index in [1.165, 1.54) is 39.5 Å². The van der Waals surface area contributed by atoms with Crippen LogP contribution in [0.2, 0.25) is 0 Å². The summed E-state index contributed by atoms with van der Waals surface area (Å²) in [6, 6.07) is 22.8. The van der Waals surface area contributed by atoms with Gasteiger partial charge >= 0.3 is 12.1 Å². The number of ether oxygens (including phenoxy) is 8. The first kappa shape index (κ1) is 68.1. The molecule has 0 unspecified atom stereocenters. The first-order valence-corrected chi connectivity index (χ1v) is 30.1. The predicted octanol–water partition coefficient (Wildman–Crippen LogP) is 2.97. The second-order valence-corrected chi connectivity index (χ2v) is 22.7. The number of carbonyl (C=O) groups excluding carboxylic acids is 8. The van der Waals surface area contributed by atoms with Crippen LogP contribution < -0.4 is 56.6 Å². The van der Waals surface area contributed by atoms with Gasteiger partial charge in [-0.3, -0.25) is 33.7 Å². The highest BCUT2D eigenvalue weighted by molar-refractivity contribution is 6.12. The second kappa shape index (κ2) is 31.2. The Morgan fingerprint density at radius 1 is 0.791 bits per heavy atom. The van der Waals surface area contributed by atoms with Crippen molar-refractivity contribution in [2.75, 3.05) is 66.0 Å². The molecule has 91 heavy (non-hydrogen) atoms. The van der Waals surface area contributed by atoms with Crippen molar-refractivity contribution in [3.8, 4) is 23.0 Å². The van der Waals surface area contributed by atoms with Crippen LogP contribution >= 0.6 is 0 Å². The van der Waals surface area contributed by atoms with Crippen molar-refractivity contribution in [2.45, 2.75) is 119 Å². The van der Waals surface area contributed by atoms with E-state index in [1.54, 1.807) is 68.4 Å². The summed E-state index contributed by atoms with van der Waals surface area (Å²) in [4.78, 5) is 104. The van der Waals surface area contributed by atoms with Gasteiger partial charge in [-0.05, 0) is 79.0 Å². The number of primary amides is 1. The van der Waals surface area contributed by atoms with E-state index in [9.17, 15) is 53.7 Å². The van der Waals surface area contributed by atoms with Gasteiger partial charge in [0.15, 0.2) is 5.60 Å². The molecule has 27 heteroatoms. The van der Waals surface area contributed by atoms with Gasteiger partial charge in [0.05, 0.1) is 38.9 Å². The monoisotopic (exact) mass is 1260 g/mol. The highest BCUT2D eigenvalue weighted by atomic mass is 16.8. The molecule has 3 aliphatic heterocycles. The van der Waals surface area contributed by atoms with Crippen LogP contribution in [0.3, 0.4) is 0 Å². The summed E-state index contributed by atoms with van der Waals surface area (Å²) >= 11 is 0. The van der Waals surface area contributed by atoms with Crippen molar-refractivity contribution in [3.63, 3.8) is 0 Å². The van der Waals surface area contributed by atoms with E-state index in [0.29, 0.717) is 47.4 Å². The largest absolute Gasteiger partial charge is 0.497 e. The number of imide groups is 1. The zero-order chi connectivity index (χ0) is 65.4. The number of rotatable bonds is 31. The van der Waals surface area contributed by atoms with Crippen LogP contribution in [0.25, 0.3) is 0 Å². The number of nitrogens with one attached hydrogen (secondary N) is 6. The average molecular weight is 1270 g/mol. The van der Waals surface area contributed by atoms with Crippen molar-refractivity contribution >= 4 is 53.3 Å². The lowest BCUT2D eigenvalue weighted by molar-refractivity contribution is -0.324. The predicted molar refractivity (Wildman–Crippen MR) is 325 cm³/mol. The third-order valence-corrected chi connectivity index (χ3v) is 16.3. The van der Waals surface area contributed by atoms with Gasteiger partial charge in [-0.25, -0.2) is 9.59 Å². The molecule has 4 aromatic carbocycles. The number of methoxy groups -OCH3 is 3. The van der Waals surface area contributed by atoms with E-state index >= 15 is 0 Å². The third kappa shape index (κ3) is 16.2. The van der Waals surface area contributed by atoms with Gasteiger partial charge in [0, 0.05) is 75.6 Å². The molecule has 3 heterocycles. The number of aliphatic hydroxyl groups is 3. The van der Waals surface area contributed by atoms with Crippen LogP contribution in [0.15, 0.2) is 103 Å². The summed E-state index contributed by atoms with van der Waals surface area (Å²) in [6.07, 6.45) is -1.04. The number of carbonyl (C=O) groups is 8. The number of fused-ring (bicyclic) bond motifs is 3. The van der Waals surface area contributed by atoms with Gasteiger partial charge in [-0.1, -0.05) is 74.9 Å². The standard InChI is InChI=1S/C64H80N8O19/c1-37(2)55(71-50(75)16-10-7-11-30-72-51(76)25-26-52(72)77)58(80)70-45(15-12-27-67-61(65)81)57(79)69-41-21-17-38(18-22-41)35-88-62(82)68-29-28-66-56(78)44-33-63(83)54-47(85-4)31-43(89-60-59(86-5)87-36-49(90-60)46(74)34-73)32-48(54)91-64(63,40-19-23-42(84-3)24-20-40)53(44)39-13-8-6-9-14-39/h6,8-9,13-14,17-26,31-32,37,44-46,49,53,55,59-60,73-74,83H,7,10-12,15-16,27-30,33-36H2,1-5H3,(H,66,78)(H,68,82)(H,69,79)(H,70,80)(H,71,75)(H3,65,67,81)/t44-,45-,46+,49+,53+,55-,59+,60+,63+,64-/m0/s1. The maximum Gasteiger partial charge on any atom is 0.407 e. The van der Waals surface area contributed by atoms with Crippen LogP contribution in [-0.2, 0) is 65.5 Å². The molecule has 4 aromatic rings. The minimum Gasteiger partial charge on any atom is -0.497 e. The zero-order valence-corrected chi connectivity index (χ0v) is 51.3. The Labute approximate surface area is 525 Å². The topological polar surface area (TPSA) is 373 Å². The number of nitrogens with zero attached hydrogens (tertiary/aromatic N) is 1. The Balaban J connectivity index is 0.873. The summed E-state index contributed by atoms with van der Waals surface area (Å²) in [5, 5.41) is 49.9. The molecule has 0 aromatic heterocycles. The molecule has 9 amide bonds. The Bertz CT molecular complexity index is 3230. The summed E-state index contributed by atoms with van der Waals surface area (Å²) in [7, 11) is 4.34. The fraction of sp³-hybridized carbons (Fsp3) is 0.469. The summed E-state index contributed by atoms with van der Waals surface area (Å²) in [5.74, 6) is -3.89. The van der Waals surface area contributed by atoms with Crippen LogP contribution in [0.4, 0.5) is 15.3 Å². The van der Waals surface area contributed by atoms with Gasteiger partial charge in [0.25, 0.3) is 18.1 Å². The van der Waals surface area contributed by atoms with Gasteiger partial charge in [0.1, 0.15) is 59.5 Å². The number of hydrogen-bond acceptors (Lipinski definition) is 19. The highest BCUT2D eigenvalue weighted by Crippen LogP contribution is 2.70. The average Bonchev–Trinajstić information content (AvgIpc) is 1.51. The minimum absolute atomic E-state index is 0.0358. The van der Waals surface area contributed by atoms with Gasteiger partial charge < -0.3 is 90.8 Å². The fourth-order valence-corrected chi connectivity index (χ4v) is 11.8. The van der Waals surface area contributed by atoms with Crippen molar-refractivity contribution in [3.05, 3.63) is 125 Å². The number of hydrogen-bond donors (Lipinski definition) is 10. The molecule has 490 valence electrons. The lowest BCUT2D eigenvalue weighted by Gasteiger charge is -2.40. The molecule has 1 aliphatic carbocycles. The lowest BCUT2D eigenvalue weighted by Crippen LogP contribution is -2.54. The molecule has 2 fully saturated rings. The van der Waals surface area contributed by atoms with E-state index in [1.807, 2.05) is 30.3 Å². The smallest absolute Gasteiger partial charge is 0.407 e. The van der Waals surface area contributed by atoms with Crippen molar-refractivity contribution < 1.29 is 91.6 Å². The first-order valence-electron chi connectivity index (χ1n) is 30.1. The summed E-state index contributed by atoms with van der Waals surface area (Å²) < 4.78 is 47.5.